The van der Waals surface area contributed by atoms with E-state index in [1.807, 2.05) is 12.1 Å². The monoisotopic (exact) mass is 369 g/mol. The molecule has 102 valence electrons. The first kappa shape index (κ1) is 15.1. The molecule has 0 spiro atoms. The van der Waals surface area contributed by atoms with Gasteiger partial charge in [-0.25, -0.2) is 0 Å². The van der Waals surface area contributed by atoms with Crippen LogP contribution in [-0.2, 0) is 4.79 Å². The average molecular weight is 371 g/mol. The van der Waals surface area contributed by atoms with Gasteiger partial charge < -0.3 is 5.32 Å². The fourth-order valence-corrected chi connectivity index (χ4v) is 2.13. The summed E-state index contributed by atoms with van der Waals surface area (Å²) in [5, 5.41) is 4.01. The molecular weight excluding hydrogens is 361 g/mol. The highest BCUT2D eigenvalue weighted by molar-refractivity contribution is 9.10. The Morgan fingerprint density at radius 3 is 2.45 bits per heavy atom. The lowest BCUT2D eigenvalue weighted by Gasteiger charge is -2.03. The second-order valence-corrected chi connectivity index (χ2v) is 5.70. The fourth-order valence-electron chi connectivity index (χ4n) is 1.50. The van der Waals surface area contributed by atoms with Crippen molar-refractivity contribution in [3.63, 3.8) is 0 Å². The first-order chi connectivity index (χ1) is 9.54. The maximum atomic E-state index is 11.8. The number of hydrogen-bond acceptors (Lipinski definition) is 1. The van der Waals surface area contributed by atoms with Crippen LogP contribution in [0.5, 0.6) is 0 Å². The lowest BCUT2D eigenvalue weighted by Crippen LogP contribution is -2.07. The van der Waals surface area contributed by atoms with Gasteiger partial charge in [0.25, 0.3) is 0 Å². The van der Waals surface area contributed by atoms with Gasteiger partial charge in [0.15, 0.2) is 0 Å². The Kier molecular flexibility index (Phi) is 5.24. The van der Waals surface area contributed by atoms with Crippen LogP contribution in [0.3, 0.4) is 0 Å². The van der Waals surface area contributed by atoms with Crippen molar-refractivity contribution in [2.45, 2.75) is 0 Å². The Labute approximate surface area is 135 Å². The van der Waals surface area contributed by atoms with E-state index in [0.29, 0.717) is 15.7 Å². The number of anilines is 1. The van der Waals surface area contributed by atoms with Gasteiger partial charge in [0.2, 0.25) is 5.91 Å². The van der Waals surface area contributed by atoms with Crippen LogP contribution in [0.2, 0.25) is 10.0 Å². The minimum absolute atomic E-state index is 0.214. The van der Waals surface area contributed by atoms with E-state index in [2.05, 4.69) is 21.2 Å². The maximum Gasteiger partial charge on any atom is 0.248 e. The van der Waals surface area contributed by atoms with E-state index < -0.39 is 0 Å². The molecule has 0 unspecified atom stereocenters. The van der Waals surface area contributed by atoms with Crippen LogP contribution in [0.15, 0.2) is 53.0 Å². The van der Waals surface area contributed by atoms with Crippen LogP contribution in [0.4, 0.5) is 5.69 Å². The number of carbonyl (C=O) groups excluding carboxylic acids is 1. The van der Waals surface area contributed by atoms with Crippen LogP contribution in [-0.4, -0.2) is 5.91 Å². The van der Waals surface area contributed by atoms with E-state index >= 15 is 0 Å². The molecule has 1 amide bonds. The van der Waals surface area contributed by atoms with Gasteiger partial charge in [-0.3, -0.25) is 4.79 Å². The third kappa shape index (κ3) is 4.37. The first-order valence-electron chi connectivity index (χ1n) is 5.74. The van der Waals surface area contributed by atoms with Crippen molar-refractivity contribution in [2.75, 3.05) is 5.32 Å². The molecule has 0 aliphatic carbocycles. The summed E-state index contributed by atoms with van der Waals surface area (Å²) in [5.41, 5.74) is 1.58. The zero-order valence-electron chi connectivity index (χ0n) is 10.2. The highest BCUT2D eigenvalue weighted by Gasteiger charge is 2.01. The zero-order chi connectivity index (χ0) is 14.5. The van der Waals surface area contributed by atoms with Crippen LogP contribution in [0, 0.1) is 0 Å². The predicted octanol–water partition coefficient (Wildman–Crippen LogP) is 5.41. The number of benzene rings is 2. The molecule has 0 saturated carbocycles. The van der Waals surface area contributed by atoms with Gasteiger partial charge in [0.1, 0.15) is 0 Å². The first-order valence-corrected chi connectivity index (χ1v) is 7.29. The fraction of sp³-hybridized carbons (Fsp3) is 0. The number of carbonyl (C=O) groups is 1. The summed E-state index contributed by atoms with van der Waals surface area (Å²) in [6.07, 6.45) is 3.18. The van der Waals surface area contributed by atoms with Crippen LogP contribution in [0.1, 0.15) is 5.56 Å². The third-order valence-electron chi connectivity index (χ3n) is 2.48. The van der Waals surface area contributed by atoms with E-state index in [1.165, 1.54) is 6.08 Å². The van der Waals surface area contributed by atoms with Crippen LogP contribution >= 0.6 is 39.1 Å². The highest BCUT2D eigenvalue weighted by Crippen LogP contribution is 2.25. The smallest absolute Gasteiger partial charge is 0.248 e. The van der Waals surface area contributed by atoms with Gasteiger partial charge in [-0.2, -0.15) is 0 Å². The molecule has 0 radical (unpaired) electrons. The summed E-state index contributed by atoms with van der Waals surface area (Å²) >= 11 is 15.0. The van der Waals surface area contributed by atoms with Crippen molar-refractivity contribution in [2.24, 2.45) is 0 Å². The SMILES string of the molecule is O=C(/C=C/c1ccc(Cl)cc1)Nc1ccc(Cl)c(Br)c1. The summed E-state index contributed by atoms with van der Waals surface area (Å²) in [4.78, 5) is 11.8. The van der Waals surface area contributed by atoms with E-state index in [9.17, 15) is 4.79 Å². The second-order valence-electron chi connectivity index (χ2n) is 4.00. The van der Waals surface area contributed by atoms with Crippen molar-refractivity contribution in [3.8, 4) is 0 Å². The summed E-state index contributed by atoms with van der Waals surface area (Å²) in [7, 11) is 0. The zero-order valence-corrected chi connectivity index (χ0v) is 13.3. The number of nitrogens with one attached hydrogen (secondary N) is 1. The molecule has 0 aliphatic heterocycles. The molecule has 2 aromatic rings. The molecule has 2 aromatic carbocycles. The lowest BCUT2D eigenvalue weighted by molar-refractivity contribution is -0.111. The molecule has 1 N–H and O–H groups in total. The molecule has 0 aromatic heterocycles. The van der Waals surface area contributed by atoms with E-state index in [-0.39, 0.29) is 5.91 Å². The Morgan fingerprint density at radius 1 is 1.10 bits per heavy atom. The van der Waals surface area contributed by atoms with Gasteiger partial charge in [0.05, 0.1) is 5.02 Å². The Bertz CT molecular complexity index is 653. The summed E-state index contributed by atoms with van der Waals surface area (Å²) in [6.45, 7) is 0. The molecule has 2 rings (SSSR count). The molecule has 0 saturated heterocycles. The number of rotatable bonds is 3. The Morgan fingerprint density at radius 2 is 1.80 bits per heavy atom. The lowest BCUT2D eigenvalue weighted by atomic mass is 10.2. The molecule has 20 heavy (non-hydrogen) atoms. The van der Waals surface area contributed by atoms with Gasteiger partial charge in [-0.15, -0.1) is 0 Å². The summed E-state index contributed by atoms with van der Waals surface area (Å²) in [6, 6.07) is 12.4. The molecule has 0 heterocycles. The molecule has 0 fully saturated rings. The largest absolute Gasteiger partial charge is 0.322 e. The summed E-state index contributed by atoms with van der Waals surface area (Å²) < 4.78 is 0.735. The molecular formula is C15H10BrCl2NO. The van der Waals surface area contributed by atoms with E-state index in [0.717, 1.165) is 10.0 Å². The minimum atomic E-state index is -0.214. The van der Waals surface area contributed by atoms with Crippen molar-refractivity contribution in [1.29, 1.82) is 0 Å². The minimum Gasteiger partial charge on any atom is -0.322 e. The van der Waals surface area contributed by atoms with Gasteiger partial charge in [-0.05, 0) is 57.9 Å². The predicted molar refractivity (Wildman–Crippen MR) is 88.3 cm³/mol. The quantitative estimate of drug-likeness (QED) is 0.719. The molecule has 0 aliphatic rings. The third-order valence-corrected chi connectivity index (χ3v) is 3.95. The van der Waals surface area contributed by atoms with Crippen molar-refractivity contribution in [3.05, 3.63) is 68.6 Å². The van der Waals surface area contributed by atoms with E-state index in [1.54, 1.807) is 36.4 Å². The Hall–Kier alpha value is -1.29. The highest BCUT2D eigenvalue weighted by atomic mass is 79.9. The Balaban J connectivity index is 2.01. The molecule has 0 atom stereocenters. The van der Waals surface area contributed by atoms with Gasteiger partial charge >= 0.3 is 0 Å². The standard InChI is InChI=1S/C15H10BrCl2NO/c16-13-9-12(6-7-14(13)18)19-15(20)8-3-10-1-4-11(17)5-2-10/h1-9H,(H,19,20)/b8-3+. The number of amides is 1. The molecule has 0 bridgehead atoms. The molecule has 5 heteroatoms. The van der Waals surface area contributed by atoms with Crippen molar-refractivity contribution in [1.82, 2.24) is 0 Å². The van der Waals surface area contributed by atoms with Crippen LogP contribution < -0.4 is 5.32 Å². The van der Waals surface area contributed by atoms with Crippen molar-refractivity contribution >= 4 is 56.8 Å². The number of halogens is 3. The average Bonchev–Trinajstić information content (AvgIpc) is 2.42. The summed E-state index contributed by atoms with van der Waals surface area (Å²) in [5.74, 6) is -0.214. The van der Waals surface area contributed by atoms with Crippen molar-refractivity contribution < 1.29 is 4.79 Å². The maximum absolute atomic E-state index is 11.8. The molecule has 2 nitrogen and oxygen atoms in total. The van der Waals surface area contributed by atoms with E-state index in [4.69, 9.17) is 23.2 Å². The number of hydrogen-bond donors (Lipinski definition) is 1. The van der Waals surface area contributed by atoms with Crippen LogP contribution in [0.25, 0.3) is 6.08 Å². The second kappa shape index (κ2) is 6.93. The normalized spacial score (nSPS) is 10.8. The van der Waals surface area contributed by atoms with Gasteiger partial charge in [-0.1, -0.05) is 35.3 Å². The topological polar surface area (TPSA) is 29.1 Å². The van der Waals surface area contributed by atoms with Gasteiger partial charge in [0, 0.05) is 21.3 Å².